The molecular formula is C13H11ClN4. The Morgan fingerprint density at radius 2 is 2.17 bits per heavy atom. The summed E-state index contributed by atoms with van der Waals surface area (Å²) in [4.78, 5) is 11.1. The second-order valence-corrected chi connectivity index (χ2v) is 4.30. The molecule has 5 heteroatoms. The van der Waals surface area contributed by atoms with Crippen LogP contribution >= 0.6 is 11.6 Å². The highest BCUT2D eigenvalue weighted by Crippen LogP contribution is 2.15. The molecule has 2 heterocycles. The third-order valence-electron chi connectivity index (χ3n) is 2.72. The monoisotopic (exact) mass is 258 g/mol. The van der Waals surface area contributed by atoms with Crippen LogP contribution in [0.15, 0.2) is 42.7 Å². The maximum Gasteiger partial charge on any atom is 0.224 e. The molecule has 3 aromatic rings. The number of fused-ring (bicyclic) bond motifs is 1. The number of halogens is 1. The van der Waals surface area contributed by atoms with Gasteiger partial charge in [0.15, 0.2) is 0 Å². The number of aromatic amines is 1. The molecule has 2 N–H and O–H groups in total. The van der Waals surface area contributed by atoms with Crippen molar-refractivity contribution in [3.63, 3.8) is 0 Å². The van der Waals surface area contributed by atoms with Crippen molar-refractivity contribution in [1.82, 2.24) is 15.0 Å². The number of H-pyrrole nitrogens is 1. The van der Waals surface area contributed by atoms with Crippen molar-refractivity contribution in [3.05, 3.63) is 53.6 Å². The maximum absolute atomic E-state index is 5.72. The van der Waals surface area contributed by atoms with E-state index in [1.807, 2.05) is 6.20 Å². The highest BCUT2D eigenvalue weighted by Gasteiger charge is 1.99. The van der Waals surface area contributed by atoms with Crippen molar-refractivity contribution in [2.24, 2.45) is 0 Å². The first-order chi connectivity index (χ1) is 8.81. The van der Waals surface area contributed by atoms with Crippen molar-refractivity contribution in [2.75, 3.05) is 5.32 Å². The third-order valence-corrected chi connectivity index (χ3v) is 2.90. The Balaban J connectivity index is 1.76. The van der Waals surface area contributed by atoms with Crippen molar-refractivity contribution in [1.29, 1.82) is 0 Å². The van der Waals surface area contributed by atoms with Crippen LogP contribution in [0.3, 0.4) is 0 Å². The number of benzene rings is 1. The molecule has 1 aromatic carbocycles. The fourth-order valence-corrected chi connectivity index (χ4v) is 1.99. The van der Waals surface area contributed by atoms with Crippen LogP contribution in [0, 0.1) is 0 Å². The Morgan fingerprint density at radius 3 is 3.06 bits per heavy atom. The summed E-state index contributed by atoms with van der Waals surface area (Å²) in [6.45, 7) is 0.703. The predicted molar refractivity (Wildman–Crippen MR) is 72.7 cm³/mol. The first-order valence-corrected chi connectivity index (χ1v) is 5.97. The number of anilines is 1. The van der Waals surface area contributed by atoms with Gasteiger partial charge in [0.1, 0.15) is 5.82 Å². The number of nitrogens with zero attached hydrogens (tertiary/aromatic N) is 2. The Morgan fingerprint density at radius 1 is 1.22 bits per heavy atom. The first-order valence-electron chi connectivity index (χ1n) is 5.60. The summed E-state index contributed by atoms with van der Waals surface area (Å²) in [6, 6.07) is 10.1. The predicted octanol–water partition coefficient (Wildman–Crippen LogP) is 3.22. The molecule has 0 amide bonds. The molecule has 3 rings (SSSR count). The molecule has 0 saturated carbocycles. The van der Waals surface area contributed by atoms with Crippen LogP contribution in [0.4, 0.5) is 5.82 Å². The Labute approximate surface area is 109 Å². The van der Waals surface area contributed by atoms with Gasteiger partial charge in [-0.2, -0.15) is 0 Å². The average Bonchev–Trinajstić information content (AvgIpc) is 2.84. The van der Waals surface area contributed by atoms with Gasteiger partial charge in [0.25, 0.3) is 0 Å². The number of nitrogens with one attached hydrogen (secondary N) is 2. The Kier molecular flexibility index (Phi) is 2.86. The minimum Gasteiger partial charge on any atom is -0.366 e. The van der Waals surface area contributed by atoms with Crippen molar-refractivity contribution >= 4 is 28.3 Å². The summed E-state index contributed by atoms with van der Waals surface area (Å²) in [5.74, 6) is 0.726. The quantitative estimate of drug-likeness (QED) is 0.709. The zero-order valence-corrected chi connectivity index (χ0v) is 10.3. The molecule has 2 aromatic heterocycles. The lowest BCUT2D eigenvalue weighted by atomic mass is 10.1. The smallest absolute Gasteiger partial charge is 0.224 e. The van der Waals surface area contributed by atoms with Gasteiger partial charge in [-0.05, 0) is 46.8 Å². The molecule has 0 fully saturated rings. The summed E-state index contributed by atoms with van der Waals surface area (Å²) in [6.07, 6.45) is 3.57. The van der Waals surface area contributed by atoms with E-state index in [-0.39, 0.29) is 5.28 Å². The molecule has 0 unspecified atom stereocenters. The van der Waals surface area contributed by atoms with Gasteiger partial charge in [-0.25, -0.2) is 9.97 Å². The fourth-order valence-electron chi connectivity index (χ4n) is 1.84. The van der Waals surface area contributed by atoms with E-state index in [2.05, 4.69) is 44.5 Å². The highest BCUT2D eigenvalue weighted by atomic mass is 35.5. The number of aromatic nitrogens is 3. The normalized spacial score (nSPS) is 10.7. The summed E-state index contributed by atoms with van der Waals surface area (Å²) in [5.41, 5.74) is 2.33. The van der Waals surface area contributed by atoms with E-state index in [0.717, 1.165) is 11.3 Å². The van der Waals surface area contributed by atoms with Crippen molar-refractivity contribution in [2.45, 2.75) is 6.54 Å². The first kappa shape index (κ1) is 11.0. The second kappa shape index (κ2) is 4.66. The highest BCUT2D eigenvalue weighted by molar-refractivity contribution is 6.28. The molecule has 0 saturated heterocycles. The van der Waals surface area contributed by atoms with Gasteiger partial charge < -0.3 is 10.3 Å². The van der Waals surface area contributed by atoms with Gasteiger partial charge in [-0.1, -0.05) is 6.07 Å². The Bertz CT molecular complexity index is 677. The average molecular weight is 259 g/mol. The van der Waals surface area contributed by atoms with E-state index >= 15 is 0 Å². The molecule has 0 radical (unpaired) electrons. The van der Waals surface area contributed by atoms with Crippen LogP contribution < -0.4 is 5.32 Å². The molecule has 0 aliphatic rings. The van der Waals surface area contributed by atoms with Gasteiger partial charge in [0.05, 0.1) is 0 Å². The Hall–Kier alpha value is -2.07. The van der Waals surface area contributed by atoms with Crippen LogP contribution in [0.5, 0.6) is 0 Å². The largest absolute Gasteiger partial charge is 0.366 e. The summed E-state index contributed by atoms with van der Waals surface area (Å²) in [5, 5.41) is 4.67. The van der Waals surface area contributed by atoms with Gasteiger partial charge in [-0.3, -0.25) is 0 Å². The topological polar surface area (TPSA) is 53.6 Å². The van der Waals surface area contributed by atoms with E-state index < -0.39 is 0 Å². The van der Waals surface area contributed by atoms with E-state index in [9.17, 15) is 0 Å². The van der Waals surface area contributed by atoms with Crippen LogP contribution in [0.1, 0.15) is 5.56 Å². The van der Waals surface area contributed by atoms with Crippen LogP contribution in [-0.4, -0.2) is 15.0 Å². The van der Waals surface area contributed by atoms with Gasteiger partial charge in [-0.15, -0.1) is 0 Å². The van der Waals surface area contributed by atoms with Crippen molar-refractivity contribution in [3.8, 4) is 0 Å². The van der Waals surface area contributed by atoms with Crippen LogP contribution in [0.2, 0.25) is 5.28 Å². The van der Waals surface area contributed by atoms with E-state index in [0.29, 0.717) is 6.54 Å². The number of hydrogen-bond acceptors (Lipinski definition) is 3. The molecule has 90 valence electrons. The maximum atomic E-state index is 5.72. The van der Waals surface area contributed by atoms with E-state index in [4.69, 9.17) is 11.6 Å². The SMILES string of the molecule is Clc1nccc(NCc2ccc3[nH]ccc3c2)n1. The third kappa shape index (κ3) is 2.28. The van der Waals surface area contributed by atoms with E-state index in [1.165, 1.54) is 10.9 Å². The zero-order chi connectivity index (χ0) is 12.4. The summed E-state index contributed by atoms with van der Waals surface area (Å²) in [7, 11) is 0. The standard InChI is InChI=1S/C13H11ClN4/c14-13-16-6-4-12(18-13)17-8-9-1-2-11-10(7-9)3-5-15-11/h1-7,15H,8H2,(H,16,17,18). The van der Waals surface area contributed by atoms with Gasteiger partial charge >= 0.3 is 0 Å². The lowest BCUT2D eigenvalue weighted by molar-refractivity contribution is 1.08. The van der Waals surface area contributed by atoms with E-state index in [1.54, 1.807) is 12.3 Å². The molecule has 18 heavy (non-hydrogen) atoms. The minimum absolute atomic E-state index is 0.251. The molecule has 0 aliphatic heterocycles. The minimum atomic E-state index is 0.251. The molecular weight excluding hydrogens is 248 g/mol. The van der Waals surface area contributed by atoms with Gasteiger partial charge in [0, 0.05) is 24.5 Å². The lowest BCUT2D eigenvalue weighted by Crippen LogP contribution is -2.01. The summed E-state index contributed by atoms with van der Waals surface area (Å²) >= 11 is 5.72. The molecule has 0 spiro atoms. The molecule has 4 nitrogen and oxygen atoms in total. The van der Waals surface area contributed by atoms with Crippen LogP contribution in [0.25, 0.3) is 10.9 Å². The fraction of sp³-hybridized carbons (Fsp3) is 0.0769. The lowest BCUT2D eigenvalue weighted by Gasteiger charge is -2.05. The number of rotatable bonds is 3. The number of hydrogen-bond donors (Lipinski definition) is 2. The molecule has 0 atom stereocenters. The zero-order valence-electron chi connectivity index (χ0n) is 9.52. The van der Waals surface area contributed by atoms with Crippen molar-refractivity contribution < 1.29 is 0 Å². The molecule has 0 aliphatic carbocycles. The van der Waals surface area contributed by atoms with Crippen LogP contribution in [-0.2, 0) is 6.54 Å². The second-order valence-electron chi connectivity index (χ2n) is 3.96. The van der Waals surface area contributed by atoms with Gasteiger partial charge in [0.2, 0.25) is 5.28 Å². The molecule has 0 bridgehead atoms. The summed E-state index contributed by atoms with van der Waals surface area (Å²) < 4.78 is 0.